The van der Waals surface area contributed by atoms with Gasteiger partial charge in [0.1, 0.15) is 17.5 Å². The van der Waals surface area contributed by atoms with Gasteiger partial charge in [-0.25, -0.2) is 4.68 Å². The topological polar surface area (TPSA) is 137 Å². The second-order valence-corrected chi connectivity index (χ2v) is 10.6. The number of ether oxygens (including phenoxy) is 3. The number of likely N-dealkylation sites (N-methyl/N-ethyl adjacent to an activating group) is 2. The van der Waals surface area contributed by atoms with Gasteiger partial charge >= 0.3 is 0 Å². The van der Waals surface area contributed by atoms with Crippen molar-refractivity contribution in [1.29, 1.82) is 0 Å². The number of hydrogen-bond acceptors (Lipinski definition) is 8. The molecule has 12 heteroatoms. The Morgan fingerprint density at radius 2 is 1.75 bits per heavy atom. The van der Waals surface area contributed by atoms with Gasteiger partial charge in [0.15, 0.2) is 6.61 Å². The predicted molar refractivity (Wildman–Crippen MR) is 165 cm³/mol. The fraction of sp³-hybridized carbons (Fsp3) is 0.469. The van der Waals surface area contributed by atoms with Gasteiger partial charge in [-0.05, 0) is 36.6 Å². The molecule has 0 saturated carbocycles. The largest absolute Gasteiger partial charge is 0.484 e. The van der Waals surface area contributed by atoms with E-state index in [4.69, 9.17) is 14.2 Å². The molecule has 3 amide bonds. The highest BCUT2D eigenvalue weighted by molar-refractivity contribution is 5.85. The molecule has 238 valence electrons. The summed E-state index contributed by atoms with van der Waals surface area (Å²) < 4.78 is 18.5. The van der Waals surface area contributed by atoms with Crippen molar-refractivity contribution in [2.24, 2.45) is 5.92 Å². The van der Waals surface area contributed by atoms with Gasteiger partial charge in [-0.1, -0.05) is 54.6 Å². The zero-order chi connectivity index (χ0) is 31.9. The third-order valence-corrected chi connectivity index (χ3v) is 7.27. The van der Waals surface area contributed by atoms with Crippen molar-refractivity contribution in [1.82, 2.24) is 30.5 Å². The lowest BCUT2D eigenvalue weighted by Crippen LogP contribution is -2.43. The first-order valence-corrected chi connectivity index (χ1v) is 14.7. The Morgan fingerprint density at radius 1 is 1.02 bits per heavy atom. The number of carbonyl (C=O) groups excluding carboxylic acids is 3. The van der Waals surface area contributed by atoms with Crippen LogP contribution in [-0.4, -0.2) is 84.6 Å². The number of carbonyl (C=O) groups is 3. The smallest absolute Gasteiger partial charge is 0.257 e. The molecular formula is C32H44N6O6. The van der Waals surface area contributed by atoms with Gasteiger partial charge in [0, 0.05) is 40.1 Å². The van der Waals surface area contributed by atoms with Gasteiger partial charge < -0.3 is 29.7 Å². The SMILES string of the molecule is CNC(=O)COc1ccc(CCNC(=O)C[C@@H](C)C(=O)N(C)[C@@H](C)[C@H](OCc2cn(CCOC)nn2)c2ccccc2)cc1. The lowest BCUT2D eigenvalue weighted by molar-refractivity contribution is -0.141. The van der Waals surface area contributed by atoms with Crippen LogP contribution in [-0.2, 0) is 43.4 Å². The maximum atomic E-state index is 13.4. The van der Waals surface area contributed by atoms with Crippen LogP contribution < -0.4 is 15.4 Å². The van der Waals surface area contributed by atoms with Crippen LogP contribution in [0.1, 0.15) is 43.2 Å². The van der Waals surface area contributed by atoms with Crippen LogP contribution in [0.25, 0.3) is 0 Å². The predicted octanol–water partition coefficient (Wildman–Crippen LogP) is 2.54. The molecule has 0 fully saturated rings. The van der Waals surface area contributed by atoms with Crippen LogP contribution in [0.15, 0.2) is 60.8 Å². The van der Waals surface area contributed by atoms with Crippen LogP contribution in [0.4, 0.5) is 0 Å². The van der Waals surface area contributed by atoms with Crippen LogP contribution >= 0.6 is 0 Å². The average molecular weight is 609 g/mol. The molecule has 3 atom stereocenters. The summed E-state index contributed by atoms with van der Waals surface area (Å²) in [6.07, 6.45) is 2.09. The standard InChI is InChI=1S/C32H44N6O6/c1-23(19-29(39)34-16-15-25-11-13-28(14-12-25)43-22-30(40)33-3)32(41)37(4)24(2)31(26-9-7-6-8-10-26)44-21-27-20-38(36-35-27)17-18-42-5/h6-14,20,23-24,31H,15-19,21-22H2,1-5H3,(H,33,40)(H,34,39)/t23-,24+,31+/m1/s1. The maximum absolute atomic E-state index is 13.4. The summed E-state index contributed by atoms with van der Waals surface area (Å²) in [6.45, 7) is 5.44. The second kappa shape index (κ2) is 17.7. The van der Waals surface area contributed by atoms with Gasteiger partial charge in [0.2, 0.25) is 11.8 Å². The highest BCUT2D eigenvalue weighted by atomic mass is 16.5. The van der Waals surface area contributed by atoms with E-state index in [1.165, 1.54) is 0 Å². The number of amides is 3. The molecule has 44 heavy (non-hydrogen) atoms. The quantitative estimate of drug-likeness (QED) is 0.225. The lowest BCUT2D eigenvalue weighted by atomic mass is 9.99. The minimum Gasteiger partial charge on any atom is -0.484 e. The van der Waals surface area contributed by atoms with E-state index in [9.17, 15) is 14.4 Å². The van der Waals surface area contributed by atoms with Crippen molar-refractivity contribution in [3.05, 3.63) is 77.6 Å². The first kappa shape index (κ1) is 34.2. The summed E-state index contributed by atoms with van der Waals surface area (Å²) in [7, 11) is 4.93. The van der Waals surface area contributed by atoms with Crippen LogP contribution in [0.3, 0.4) is 0 Å². The zero-order valence-corrected chi connectivity index (χ0v) is 26.2. The number of aromatic nitrogens is 3. The van der Waals surface area contributed by atoms with Gasteiger partial charge in [0.05, 0.1) is 32.0 Å². The van der Waals surface area contributed by atoms with E-state index >= 15 is 0 Å². The second-order valence-electron chi connectivity index (χ2n) is 10.6. The highest BCUT2D eigenvalue weighted by Gasteiger charge is 2.30. The number of methoxy groups -OCH3 is 1. The molecule has 0 aliphatic rings. The maximum Gasteiger partial charge on any atom is 0.257 e. The molecule has 0 bridgehead atoms. The monoisotopic (exact) mass is 608 g/mol. The normalized spacial score (nSPS) is 13.0. The minimum atomic E-state index is -0.517. The fourth-order valence-electron chi connectivity index (χ4n) is 4.54. The highest BCUT2D eigenvalue weighted by Crippen LogP contribution is 2.27. The van der Waals surface area contributed by atoms with E-state index in [0.29, 0.717) is 37.6 Å². The molecule has 0 radical (unpaired) electrons. The Morgan fingerprint density at radius 3 is 2.43 bits per heavy atom. The summed E-state index contributed by atoms with van der Waals surface area (Å²) in [4.78, 5) is 39.0. The molecule has 0 spiro atoms. The van der Waals surface area contributed by atoms with Gasteiger partial charge in [-0.3, -0.25) is 14.4 Å². The third kappa shape index (κ3) is 10.8. The van der Waals surface area contributed by atoms with E-state index in [1.807, 2.05) is 55.6 Å². The Hall–Kier alpha value is -4.29. The first-order chi connectivity index (χ1) is 21.2. The fourth-order valence-corrected chi connectivity index (χ4v) is 4.54. The molecule has 0 saturated heterocycles. The molecular weight excluding hydrogens is 564 g/mol. The lowest BCUT2D eigenvalue weighted by Gasteiger charge is -2.33. The van der Waals surface area contributed by atoms with Crippen molar-refractivity contribution < 1.29 is 28.6 Å². The molecule has 2 N–H and O–H groups in total. The molecule has 2 aromatic carbocycles. The Balaban J connectivity index is 1.50. The van der Waals surface area contributed by atoms with Gasteiger partial charge in [-0.15, -0.1) is 5.10 Å². The number of rotatable bonds is 18. The van der Waals surface area contributed by atoms with Crippen molar-refractivity contribution in [2.75, 3.05) is 41.0 Å². The number of nitrogens with one attached hydrogen (secondary N) is 2. The molecule has 0 unspecified atom stereocenters. The molecule has 1 aromatic heterocycles. The molecule has 3 aromatic rings. The van der Waals surface area contributed by atoms with E-state index in [2.05, 4.69) is 20.9 Å². The van der Waals surface area contributed by atoms with E-state index in [1.54, 1.807) is 49.8 Å². The van der Waals surface area contributed by atoms with Crippen LogP contribution in [0.5, 0.6) is 5.75 Å². The Labute approximate surface area is 259 Å². The number of hydrogen-bond donors (Lipinski definition) is 2. The van der Waals surface area contributed by atoms with Crippen LogP contribution in [0.2, 0.25) is 0 Å². The molecule has 0 aliphatic carbocycles. The molecule has 3 rings (SSSR count). The Bertz CT molecular complexity index is 1320. The summed E-state index contributed by atoms with van der Waals surface area (Å²) in [6, 6.07) is 16.8. The zero-order valence-electron chi connectivity index (χ0n) is 26.2. The van der Waals surface area contributed by atoms with Crippen molar-refractivity contribution in [2.45, 2.75) is 52.0 Å². The molecule has 12 nitrogen and oxygen atoms in total. The first-order valence-electron chi connectivity index (χ1n) is 14.7. The van der Waals surface area contributed by atoms with Crippen molar-refractivity contribution in [3.63, 3.8) is 0 Å². The van der Waals surface area contributed by atoms with E-state index < -0.39 is 12.0 Å². The van der Waals surface area contributed by atoms with Gasteiger partial charge in [0.25, 0.3) is 5.91 Å². The molecule has 0 aliphatic heterocycles. The average Bonchev–Trinajstić information content (AvgIpc) is 3.50. The van der Waals surface area contributed by atoms with Crippen molar-refractivity contribution >= 4 is 17.7 Å². The minimum absolute atomic E-state index is 0.0453. The Kier molecular flexibility index (Phi) is 13.8. The summed E-state index contributed by atoms with van der Waals surface area (Å²) in [5, 5.41) is 13.7. The number of benzene rings is 2. The molecule has 1 heterocycles. The summed E-state index contributed by atoms with van der Waals surface area (Å²) in [5.41, 5.74) is 2.63. The summed E-state index contributed by atoms with van der Waals surface area (Å²) in [5.74, 6) is -0.459. The van der Waals surface area contributed by atoms with Crippen molar-refractivity contribution in [3.8, 4) is 5.75 Å². The third-order valence-electron chi connectivity index (χ3n) is 7.27. The number of nitrogens with zero attached hydrogens (tertiary/aromatic N) is 4. The van der Waals surface area contributed by atoms with Crippen LogP contribution in [0, 0.1) is 5.92 Å². The summed E-state index contributed by atoms with van der Waals surface area (Å²) >= 11 is 0. The van der Waals surface area contributed by atoms with E-state index in [0.717, 1.165) is 11.1 Å². The van der Waals surface area contributed by atoms with Gasteiger partial charge in [-0.2, -0.15) is 0 Å². The van der Waals surface area contributed by atoms with E-state index in [-0.39, 0.29) is 43.4 Å².